The molecule has 2 amide bonds. The van der Waals surface area contributed by atoms with Crippen LogP contribution in [0.15, 0.2) is 51.7 Å². The van der Waals surface area contributed by atoms with Gasteiger partial charge in [0.25, 0.3) is 5.91 Å². The number of halogens is 1. The highest BCUT2D eigenvalue weighted by Gasteiger charge is 2.36. The van der Waals surface area contributed by atoms with Crippen LogP contribution in [0.25, 0.3) is 17.0 Å². The van der Waals surface area contributed by atoms with Crippen LogP contribution in [0, 0.1) is 6.92 Å². The first-order chi connectivity index (χ1) is 16.9. The number of hydrogen-bond acceptors (Lipinski definition) is 7. The monoisotopic (exact) mass is 540 g/mol. The van der Waals surface area contributed by atoms with Crippen LogP contribution in [-0.4, -0.2) is 56.6 Å². The van der Waals surface area contributed by atoms with Crippen molar-refractivity contribution < 1.29 is 18.8 Å². The molecule has 0 aliphatic carbocycles. The van der Waals surface area contributed by atoms with Crippen molar-refractivity contribution in [2.75, 3.05) is 25.5 Å². The summed E-state index contributed by atoms with van der Waals surface area (Å²) >= 11 is 3.41. The summed E-state index contributed by atoms with van der Waals surface area (Å²) in [4.78, 5) is 34.8. The molecule has 5 rings (SSSR count). The minimum Gasteiger partial charge on any atom is -0.453 e. The Morgan fingerprint density at radius 2 is 1.97 bits per heavy atom. The van der Waals surface area contributed by atoms with Gasteiger partial charge in [0.2, 0.25) is 11.7 Å². The van der Waals surface area contributed by atoms with Crippen molar-refractivity contribution in [3.8, 4) is 11.4 Å². The number of benzene rings is 1. The number of hydrogen-bond donors (Lipinski definition) is 1. The molecule has 1 aromatic carbocycles. The highest BCUT2D eigenvalue weighted by molar-refractivity contribution is 9.10. The molecule has 182 valence electrons. The van der Waals surface area contributed by atoms with Crippen molar-refractivity contribution in [1.29, 1.82) is 0 Å². The number of amides is 2. The first-order valence-electron chi connectivity index (χ1n) is 11.1. The number of fused-ring (bicyclic) bond motifs is 1. The summed E-state index contributed by atoms with van der Waals surface area (Å²) in [5.74, 6) is 0.575. The Labute approximate surface area is 210 Å². The third-order valence-electron chi connectivity index (χ3n) is 5.56. The maximum absolute atomic E-state index is 12.9. The number of likely N-dealkylation sites (tertiary alicyclic amines) is 1. The lowest BCUT2D eigenvalue weighted by Gasteiger charge is -2.35. The van der Waals surface area contributed by atoms with Gasteiger partial charge >= 0.3 is 6.09 Å². The van der Waals surface area contributed by atoms with Gasteiger partial charge < -0.3 is 19.5 Å². The SMILES string of the molecule is CC.COC(=O)N1CC(c2nc(-c3ccc(C)c(NC(=O)c4cnc5cc(Br)ccn45)c3)no2)C1. The van der Waals surface area contributed by atoms with Gasteiger partial charge in [-0.05, 0) is 30.7 Å². The number of methoxy groups -OCH3 is 1. The minimum atomic E-state index is -0.372. The minimum absolute atomic E-state index is 0.0230. The van der Waals surface area contributed by atoms with E-state index in [4.69, 9.17) is 9.26 Å². The van der Waals surface area contributed by atoms with Crippen LogP contribution < -0.4 is 5.32 Å². The Balaban J connectivity index is 0.00000141. The van der Waals surface area contributed by atoms with E-state index < -0.39 is 0 Å². The van der Waals surface area contributed by atoms with Crippen molar-refractivity contribution in [3.63, 3.8) is 0 Å². The second-order valence-corrected chi connectivity index (χ2v) is 8.64. The van der Waals surface area contributed by atoms with Crippen LogP contribution in [0.4, 0.5) is 10.5 Å². The van der Waals surface area contributed by atoms with Gasteiger partial charge in [-0.15, -0.1) is 0 Å². The van der Waals surface area contributed by atoms with Crippen molar-refractivity contribution in [2.45, 2.75) is 26.7 Å². The number of aromatic nitrogens is 4. The van der Waals surface area contributed by atoms with Gasteiger partial charge in [0.1, 0.15) is 11.3 Å². The number of aryl methyl sites for hydroxylation is 1. The van der Waals surface area contributed by atoms with Gasteiger partial charge in [0.15, 0.2) is 0 Å². The zero-order chi connectivity index (χ0) is 25.1. The van der Waals surface area contributed by atoms with E-state index in [0.717, 1.165) is 10.0 Å². The molecule has 1 N–H and O–H groups in total. The molecule has 1 aliphatic rings. The number of anilines is 1. The van der Waals surface area contributed by atoms with E-state index >= 15 is 0 Å². The van der Waals surface area contributed by atoms with E-state index in [1.54, 1.807) is 15.5 Å². The van der Waals surface area contributed by atoms with Crippen LogP contribution in [0.2, 0.25) is 0 Å². The molecule has 4 heterocycles. The van der Waals surface area contributed by atoms with Crippen LogP contribution in [0.3, 0.4) is 0 Å². The Kier molecular flexibility index (Phi) is 7.15. The first-order valence-corrected chi connectivity index (χ1v) is 11.9. The molecule has 4 aromatic rings. The number of pyridine rings is 1. The molecule has 0 atom stereocenters. The lowest BCUT2D eigenvalue weighted by Crippen LogP contribution is -2.48. The Morgan fingerprint density at radius 1 is 1.20 bits per heavy atom. The second-order valence-electron chi connectivity index (χ2n) is 7.73. The van der Waals surface area contributed by atoms with Crippen LogP contribution in [0.1, 0.15) is 41.7 Å². The van der Waals surface area contributed by atoms with E-state index in [1.807, 2.05) is 51.1 Å². The average molecular weight is 541 g/mol. The molecule has 0 bridgehead atoms. The zero-order valence-corrected chi connectivity index (χ0v) is 21.4. The maximum Gasteiger partial charge on any atom is 0.409 e. The Morgan fingerprint density at radius 3 is 2.71 bits per heavy atom. The van der Waals surface area contributed by atoms with Crippen molar-refractivity contribution in [3.05, 3.63) is 64.3 Å². The molecule has 1 aliphatic heterocycles. The molecule has 0 spiro atoms. The highest BCUT2D eigenvalue weighted by atomic mass is 79.9. The fraction of sp³-hybridized carbons (Fsp3) is 0.292. The van der Waals surface area contributed by atoms with E-state index in [-0.39, 0.29) is 17.9 Å². The number of carbonyl (C=O) groups excluding carboxylic acids is 2. The van der Waals surface area contributed by atoms with Crippen LogP contribution >= 0.6 is 15.9 Å². The van der Waals surface area contributed by atoms with Gasteiger partial charge in [-0.25, -0.2) is 9.78 Å². The molecule has 0 unspecified atom stereocenters. The third-order valence-corrected chi connectivity index (χ3v) is 6.05. The first kappa shape index (κ1) is 24.4. The number of carbonyl (C=O) groups is 2. The molecular formula is C24H25BrN6O4. The third kappa shape index (κ3) is 4.90. The summed E-state index contributed by atoms with van der Waals surface area (Å²) in [6.07, 6.45) is 2.95. The summed E-state index contributed by atoms with van der Waals surface area (Å²) < 4.78 is 12.7. The average Bonchev–Trinajstić information content (AvgIpc) is 3.48. The highest BCUT2D eigenvalue weighted by Crippen LogP contribution is 2.29. The molecule has 0 radical (unpaired) electrons. The summed E-state index contributed by atoms with van der Waals surface area (Å²) in [5.41, 5.74) is 3.32. The van der Waals surface area contributed by atoms with Gasteiger partial charge in [0, 0.05) is 35.0 Å². The lowest BCUT2D eigenvalue weighted by atomic mass is 10.0. The largest absolute Gasteiger partial charge is 0.453 e. The summed E-state index contributed by atoms with van der Waals surface area (Å²) in [6.45, 7) is 6.85. The summed E-state index contributed by atoms with van der Waals surface area (Å²) in [5, 5.41) is 7.03. The van der Waals surface area contributed by atoms with Gasteiger partial charge in [-0.3, -0.25) is 9.20 Å². The predicted octanol–water partition coefficient (Wildman–Crippen LogP) is 4.90. The molecule has 11 heteroatoms. The lowest BCUT2D eigenvalue weighted by molar-refractivity contribution is 0.0804. The summed E-state index contributed by atoms with van der Waals surface area (Å²) in [6, 6.07) is 9.24. The van der Waals surface area contributed by atoms with Gasteiger partial charge in [-0.1, -0.05) is 47.1 Å². The van der Waals surface area contributed by atoms with Crippen molar-refractivity contribution in [2.24, 2.45) is 0 Å². The normalized spacial score (nSPS) is 13.1. The Bertz CT molecular complexity index is 1380. The Hall–Kier alpha value is -3.73. The van der Waals surface area contributed by atoms with Crippen LogP contribution in [0.5, 0.6) is 0 Å². The molecule has 3 aromatic heterocycles. The van der Waals surface area contributed by atoms with Crippen molar-refractivity contribution in [1.82, 2.24) is 24.4 Å². The second kappa shape index (κ2) is 10.3. The van der Waals surface area contributed by atoms with Crippen molar-refractivity contribution >= 4 is 39.3 Å². The fourth-order valence-electron chi connectivity index (χ4n) is 3.64. The smallest absolute Gasteiger partial charge is 0.409 e. The number of nitrogens with one attached hydrogen (secondary N) is 1. The summed E-state index contributed by atoms with van der Waals surface area (Å²) in [7, 11) is 1.35. The standard InChI is InChI=1S/C22H19BrN6O4.C2H6/c1-12-3-4-13(19-26-21(33-27-19)14-10-28(11-14)22(31)32-2)7-16(12)25-20(30)17-9-24-18-8-15(23)5-6-29(17)18;1-2/h3-9,14H,10-11H2,1-2H3,(H,25,30);1-2H3. The molecule has 1 fully saturated rings. The van der Waals surface area contributed by atoms with E-state index in [1.165, 1.54) is 13.3 Å². The number of imidazole rings is 1. The van der Waals surface area contributed by atoms with E-state index in [0.29, 0.717) is 47.4 Å². The number of ether oxygens (including phenoxy) is 1. The van der Waals surface area contributed by atoms with Gasteiger partial charge in [0.05, 0.1) is 19.2 Å². The maximum atomic E-state index is 12.9. The molecule has 10 nitrogen and oxygen atoms in total. The number of nitrogens with zero attached hydrogens (tertiary/aromatic N) is 5. The van der Waals surface area contributed by atoms with E-state index in [2.05, 4.69) is 36.4 Å². The molecule has 1 saturated heterocycles. The van der Waals surface area contributed by atoms with E-state index in [9.17, 15) is 9.59 Å². The quantitative estimate of drug-likeness (QED) is 0.391. The topological polar surface area (TPSA) is 115 Å². The molecule has 35 heavy (non-hydrogen) atoms. The molecular weight excluding hydrogens is 516 g/mol. The number of rotatable bonds is 4. The predicted molar refractivity (Wildman–Crippen MR) is 133 cm³/mol. The van der Waals surface area contributed by atoms with Gasteiger partial charge in [-0.2, -0.15) is 4.98 Å². The fourth-order valence-corrected chi connectivity index (χ4v) is 3.96. The zero-order valence-electron chi connectivity index (χ0n) is 19.8. The van der Waals surface area contributed by atoms with Crippen LogP contribution in [-0.2, 0) is 4.74 Å². The molecule has 0 saturated carbocycles.